The van der Waals surface area contributed by atoms with E-state index in [-0.39, 0.29) is 17.2 Å². The molecule has 4 N–H and O–H groups in total. The molecular formula is C17H27N3O2. The van der Waals surface area contributed by atoms with Crippen molar-refractivity contribution < 1.29 is 9.59 Å². The van der Waals surface area contributed by atoms with Gasteiger partial charge in [-0.2, -0.15) is 0 Å². The van der Waals surface area contributed by atoms with E-state index in [1.165, 1.54) is 0 Å². The summed E-state index contributed by atoms with van der Waals surface area (Å²) in [4.78, 5) is 24.5. The average Bonchev–Trinajstić information content (AvgIpc) is 2.46. The van der Waals surface area contributed by atoms with Crippen molar-refractivity contribution in [2.45, 2.75) is 46.2 Å². The third-order valence-electron chi connectivity index (χ3n) is 3.48. The summed E-state index contributed by atoms with van der Waals surface area (Å²) in [6, 6.07) is 8.31. The lowest BCUT2D eigenvalue weighted by Gasteiger charge is -2.28. The van der Waals surface area contributed by atoms with Crippen LogP contribution < -0.4 is 16.4 Å². The maximum absolute atomic E-state index is 12.3. The van der Waals surface area contributed by atoms with E-state index in [0.29, 0.717) is 13.0 Å². The monoisotopic (exact) mass is 305 g/mol. The molecule has 0 saturated carbocycles. The molecule has 22 heavy (non-hydrogen) atoms. The maximum Gasteiger partial charge on any atom is 0.242 e. The Labute approximate surface area is 132 Å². The van der Waals surface area contributed by atoms with E-state index < -0.39 is 12.1 Å². The Morgan fingerprint density at radius 1 is 1.14 bits per heavy atom. The van der Waals surface area contributed by atoms with Crippen LogP contribution in [-0.2, 0) is 16.0 Å². The van der Waals surface area contributed by atoms with Crippen molar-refractivity contribution in [1.82, 2.24) is 10.6 Å². The summed E-state index contributed by atoms with van der Waals surface area (Å²) in [6.07, 6.45) is 0.440. The number of nitrogens with one attached hydrogen (secondary N) is 2. The van der Waals surface area contributed by atoms with Gasteiger partial charge in [0, 0.05) is 13.0 Å². The molecule has 0 aliphatic rings. The van der Waals surface area contributed by atoms with E-state index in [9.17, 15) is 9.59 Å². The van der Waals surface area contributed by atoms with Crippen molar-refractivity contribution in [2.24, 2.45) is 11.1 Å². The van der Waals surface area contributed by atoms with E-state index in [4.69, 9.17) is 5.73 Å². The Balaban J connectivity index is 2.82. The maximum atomic E-state index is 12.3. The number of benzene rings is 1. The molecular weight excluding hydrogens is 278 g/mol. The fraction of sp³-hybridized carbons (Fsp3) is 0.529. The second-order valence-electron chi connectivity index (χ2n) is 6.49. The third-order valence-corrected chi connectivity index (χ3v) is 3.48. The van der Waals surface area contributed by atoms with E-state index in [0.717, 1.165) is 5.56 Å². The molecule has 0 fully saturated rings. The van der Waals surface area contributed by atoms with Crippen molar-refractivity contribution in [3.63, 3.8) is 0 Å². The standard InChI is InChI=1S/C17H27N3O2/c1-5-19-15(21)13(11-12-9-7-6-8-10-12)20-16(22)14(18)17(2,3)4/h6-10,13-14H,5,11,18H2,1-4H3,(H,19,21)(H,20,22)/t13-,14+/m0/s1. The van der Waals surface area contributed by atoms with Crippen LogP contribution in [0, 0.1) is 5.41 Å². The predicted molar refractivity (Wildman–Crippen MR) is 88.2 cm³/mol. The zero-order valence-corrected chi connectivity index (χ0v) is 13.8. The molecule has 5 heteroatoms. The van der Waals surface area contributed by atoms with Gasteiger partial charge < -0.3 is 16.4 Å². The van der Waals surface area contributed by atoms with Gasteiger partial charge >= 0.3 is 0 Å². The molecule has 0 bridgehead atoms. The lowest BCUT2D eigenvalue weighted by Crippen LogP contribution is -2.55. The summed E-state index contributed by atoms with van der Waals surface area (Å²) >= 11 is 0. The minimum absolute atomic E-state index is 0.194. The van der Waals surface area contributed by atoms with E-state index in [1.807, 2.05) is 58.0 Å². The van der Waals surface area contributed by atoms with Gasteiger partial charge in [-0.15, -0.1) is 0 Å². The number of rotatable bonds is 6. The van der Waals surface area contributed by atoms with E-state index in [2.05, 4.69) is 10.6 Å². The Morgan fingerprint density at radius 3 is 2.23 bits per heavy atom. The van der Waals surface area contributed by atoms with Gasteiger partial charge in [-0.3, -0.25) is 9.59 Å². The fourth-order valence-electron chi connectivity index (χ4n) is 2.01. The SMILES string of the molecule is CCNC(=O)[C@H](Cc1ccccc1)NC(=O)[C@@H](N)C(C)(C)C. The van der Waals surface area contributed by atoms with Gasteiger partial charge in [0.1, 0.15) is 6.04 Å². The number of hydrogen-bond donors (Lipinski definition) is 3. The first-order chi connectivity index (χ1) is 10.3. The Hall–Kier alpha value is -1.88. The van der Waals surface area contributed by atoms with E-state index >= 15 is 0 Å². The molecule has 2 atom stereocenters. The minimum atomic E-state index is -0.666. The predicted octanol–water partition coefficient (Wildman–Crippen LogP) is 1.22. The average molecular weight is 305 g/mol. The largest absolute Gasteiger partial charge is 0.355 e. The highest BCUT2D eigenvalue weighted by Crippen LogP contribution is 2.17. The molecule has 0 saturated heterocycles. The van der Waals surface area contributed by atoms with Gasteiger partial charge in [0.05, 0.1) is 6.04 Å². The lowest BCUT2D eigenvalue weighted by atomic mass is 9.86. The van der Waals surface area contributed by atoms with Crippen LogP contribution in [0.25, 0.3) is 0 Å². The highest BCUT2D eigenvalue weighted by Gasteiger charge is 2.30. The summed E-state index contributed by atoms with van der Waals surface area (Å²) in [6.45, 7) is 8.06. The van der Waals surface area contributed by atoms with Crippen molar-refractivity contribution in [2.75, 3.05) is 6.54 Å². The topological polar surface area (TPSA) is 84.2 Å². The highest BCUT2D eigenvalue weighted by molar-refractivity contribution is 5.90. The first-order valence-electron chi connectivity index (χ1n) is 7.63. The molecule has 0 aliphatic carbocycles. The van der Waals surface area contributed by atoms with E-state index in [1.54, 1.807) is 0 Å². The number of amides is 2. The van der Waals surface area contributed by atoms with Crippen LogP contribution in [0.1, 0.15) is 33.3 Å². The number of hydrogen-bond acceptors (Lipinski definition) is 3. The molecule has 1 rings (SSSR count). The van der Waals surface area contributed by atoms with Crippen LogP contribution in [0.15, 0.2) is 30.3 Å². The van der Waals surface area contributed by atoms with Crippen LogP contribution in [0.2, 0.25) is 0 Å². The van der Waals surface area contributed by atoms with Gasteiger partial charge in [-0.25, -0.2) is 0 Å². The lowest BCUT2D eigenvalue weighted by molar-refractivity contribution is -0.130. The summed E-state index contributed by atoms with van der Waals surface area (Å²) in [7, 11) is 0. The quantitative estimate of drug-likeness (QED) is 0.739. The van der Waals surface area contributed by atoms with Gasteiger partial charge in [0.2, 0.25) is 11.8 Å². The van der Waals surface area contributed by atoms with Crippen molar-refractivity contribution in [3.8, 4) is 0 Å². The van der Waals surface area contributed by atoms with Gasteiger partial charge in [0.25, 0.3) is 0 Å². The van der Waals surface area contributed by atoms with Crippen LogP contribution in [0.4, 0.5) is 0 Å². The molecule has 0 unspecified atom stereocenters. The zero-order chi connectivity index (χ0) is 16.8. The van der Waals surface area contributed by atoms with Gasteiger partial charge in [0.15, 0.2) is 0 Å². The minimum Gasteiger partial charge on any atom is -0.355 e. The number of nitrogens with two attached hydrogens (primary N) is 1. The van der Waals surface area contributed by atoms with Crippen LogP contribution >= 0.6 is 0 Å². The molecule has 0 aromatic heterocycles. The van der Waals surface area contributed by atoms with Crippen molar-refractivity contribution in [1.29, 1.82) is 0 Å². The fourth-order valence-corrected chi connectivity index (χ4v) is 2.01. The van der Waals surface area contributed by atoms with Crippen LogP contribution in [0.5, 0.6) is 0 Å². The van der Waals surface area contributed by atoms with Crippen LogP contribution in [-0.4, -0.2) is 30.4 Å². The number of likely N-dealkylation sites (N-methyl/N-ethyl adjacent to an activating group) is 1. The molecule has 0 spiro atoms. The third kappa shape index (κ3) is 5.48. The Kier molecular flexibility index (Phi) is 6.56. The zero-order valence-electron chi connectivity index (χ0n) is 13.8. The molecule has 0 aliphatic heterocycles. The van der Waals surface area contributed by atoms with Crippen LogP contribution in [0.3, 0.4) is 0 Å². The molecule has 2 amide bonds. The second kappa shape index (κ2) is 7.94. The molecule has 1 aromatic rings. The first kappa shape index (κ1) is 18.2. The summed E-state index contributed by atoms with van der Waals surface area (Å²) in [5.41, 5.74) is 6.60. The van der Waals surface area contributed by atoms with Gasteiger partial charge in [-0.05, 0) is 17.9 Å². The number of carbonyl (C=O) groups is 2. The molecule has 5 nitrogen and oxygen atoms in total. The number of carbonyl (C=O) groups excluding carboxylic acids is 2. The summed E-state index contributed by atoms with van der Waals surface area (Å²) in [5, 5.41) is 5.53. The molecule has 1 aromatic carbocycles. The molecule has 0 heterocycles. The Bertz CT molecular complexity index is 494. The van der Waals surface area contributed by atoms with Crippen molar-refractivity contribution >= 4 is 11.8 Å². The summed E-state index contributed by atoms with van der Waals surface area (Å²) < 4.78 is 0. The van der Waals surface area contributed by atoms with Gasteiger partial charge in [-0.1, -0.05) is 51.1 Å². The summed E-state index contributed by atoms with van der Waals surface area (Å²) in [5.74, 6) is -0.500. The smallest absolute Gasteiger partial charge is 0.242 e. The Morgan fingerprint density at radius 2 is 1.73 bits per heavy atom. The second-order valence-corrected chi connectivity index (χ2v) is 6.49. The molecule has 0 radical (unpaired) electrons. The first-order valence-corrected chi connectivity index (χ1v) is 7.63. The van der Waals surface area contributed by atoms with Crippen molar-refractivity contribution in [3.05, 3.63) is 35.9 Å². The normalized spacial score (nSPS) is 14.0. The molecule has 122 valence electrons. The highest BCUT2D eigenvalue weighted by atomic mass is 16.2.